The maximum atomic E-state index is 10.7. The van der Waals surface area contributed by atoms with Crippen LogP contribution < -0.4 is 0 Å². The molecule has 0 aromatic rings. The maximum absolute atomic E-state index is 10.7. The highest BCUT2D eigenvalue weighted by molar-refractivity contribution is 6.74. The van der Waals surface area contributed by atoms with Crippen LogP contribution in [0, 0.1) is 0 Å². The van der Waals surface area contributed by atoms with Crippen molar-refractivity contribution in [3.63, 3.8) is 0 Å². The molecule has 0 fully saturated rings. The van der Waals surface area contributed by atoms with Crippen molar-refractivity contribution < 1.29 is 18.8 Å². The fourth-order valence-corrected chi connectivity index (χ4v) is 6.11. The molecule has 0 aromatic carbocycles. The molecule has 0 aliphatic rings. The molecule has 0 amide bonds. The fraction of sp³-hybridized carbons (Fsp3) is 0.690. The Labute approximate surface area is 218 Å². The van der Waals surface area contributed by atoms with E-state index in [1.165, 1.54) is 5.57 Å². The number of rotatable bonds is 12. The minimum atomic E-state index is -1.93. The first-order chi connectivity index (χ1) is 15.6. The molecule has 0 heterocycles. The molecule has 1 N–H and O–H groups in total. The third kappa shape index (κ3) is 13.1. The van der Waals surface area contributed by atoms with Crippen LogP contribution in [0.15, 0.2) is 47.1 Å². The molecule has 0 aliphatic heterocycles. The molecule has 0 aliphatic carbocycles. The van der Waals surface area contributed by atoms with E-state index in [4.69, 9.17) is 14.0 Å². The number of carboxylic acid groups (broad SMARTS) is 1. The van der Waals surface area contributed by atoms with E-state index in [2.05, 4.69) is 93.7 Å². The Morgan fingerprint density at radius 1 is 0.800 bits per heavy atom. The summed E-state index contributed by atoms with van der Waals surface area (Å²) >= 11 is 0. The quantitative estimate of drug-likeness (QED) is 0.158. The van der Waals surface area contributed by atoms with Crippen molar-refractivity contribution in [3.8, 4) is 0 Å². The average molecular weight is 523 g/mol. The molecule has 0 saturated carbocycles. The number of carboxylic acids is 1. The molecule has 6 heteroatoms. The summed E-state index contributed by atoms with van der Waals surface area (Å²) in [6, 6.07) is 0. The minimum absolute atomic E-state index is 0.107. The highest BCUT2D eigenvalue weighted by Gasteiger charge is 2.41. The number of carbonyl (C=O) groups is 1. The van der Waals surface area contributed by atoms with Gasteiger partial charge in [-0.1, -0.05) is 82.6 Å². The summed E-state index contributed by atoms with van der Waals surface area (Å²) in [7, 11) is -3.77. The Balaban J connectivity index is 5.68. The first kappa shape index (κ1) is 33.8. The molecule has 0 unspecified atom stereocenters. The van der Waals surface area contributed by atoms with Crippen molar-refractivity contribution in [2.45, 2.75) is 131 Å². The Kier molecular flexibility index (Phi) is 12.9. The van der Waals surface area contributed by atoms with Crippen LogP contribution in [-0.4, -0.2) is 39.9 Å². The summed E-state index contributed by atoms with van der Waals surface area (Å²) in [5.74, 6) is -0.935. The van der Waals surface area contributed by atoms with Gasteiger partial charge in [0.25, 0.3) is 0 Å². The van der Waals surface area contributed by atoms with Gasteiger partial charge in [0.15, 0.2) is 16.6 Å². The van der Waals surface area contributed by atoms with Crippen LogP contribution >= 0.6 is 0 Å². The normalized spacial score (nSPS) is 17.1. The van der Waals surface area contributed by atoms with E-state index in [-0.39, 0.29) is 22.3 Å². The van der Waals surface area contributed by atoms with Crippen molar-refractivity contribution in [1.82, 2.24) is 0 Å². The third-order valence-corrected chi connectivity index (χ3v) is 16.4. The molecule has 0 spiro atoms. The third-order valence-electron chi connectivity index (χ3n) is 7.27. The Morgan fingerprint density at radius 3 is 1.71 bits per heavy atom. The van der Waals surface area contributed by atoms with E-state index >= 15 is 0 Å². The predicted octanol–water partition coefficient (Wildman–Crippen LogP) is 9.05. The molecule has 0 radical (unpaired) electrons. The van der Waals surface area contributed by atoms with Crippen LogP contribution in [0.3, 0.4) is 0 Å². The van der Waals surface area contributed by atoms with Gasteiger partial charge in [-0.3, -0.25) is 0 Å². The highest BCUT2D eigenvalue weighted by atomic mass is 28.4. The topological polar surface area (TPSA) is 55.8 Å². The molecule has 0 bridgehead atoms. The van der Waals surface area contributed by atoms with Crippen LogP contribution in [0.2, 0.25) is 36.3 Å². The lowest BCUT2D eigenvalue weighted by Crippen LogP contribution is -2.46. The number of aliphatic carboxylic acids is 1. The van der Waals surface area contributed by atoms with Gasteiger partial charge in [-0.25, -0.2) is 4.79 Å². The second-order valence-corrected chi connectivity index (χ2v) is 22.6. The smallest absolute Gasteiger partial charge is 0.328 e. The minimum Gasteiger partial charge on any atom is -0.478 e. The molecule has 2 atom stereocenters. The van der Waals surface area contributed by atoms with Gasteiger partial charge >= 0.3 is 5.97 Å². The lowest BCUT2D eigenvalue weighted by molar-refractivity contribution is -0.131. The van der Waals surface area contributed by atoms with Crippen molar-refractivity contribution in [3.05, 3.63) is 47.1 Å². The van der Waals surface area contributed by atoms with Gasteiger partial charge in [-0.05, 0) is 76.8 Å². The van der Waals surface area contributed by atoms with Crippen LogP contribution in [0.25, 0.3) is 0 Å². The summed E-state index contributed by atoms with van der Waals surface area (Å²) in [6.45, 7) is 31.2. The average Bonchev–Trinajstić information content (AvgIpc) is 2.61. The SMILES string of the molecule is CC(=C\C[C@H](C[C@H](C)O[Si](C)(C)C(C)(C)C)O[Si](C)(C)C(C)(C)C)/C=C(C)/C=C(C)/C=C/C(=O)O. The Bertz CT molecular complexity index is 819. The summed E-state index contributed by atoms with van der Waals surface area (Å²) in [5.41, 5.74) is 3.17. The summed E-state index contributed by atoms with van der Waals surface area (Å²) in [6.07, 6.45) is 11.1. The fourth-order valence-electron chi connectivity index (χ4n) is 3.27. The highest BCUT2D eigenvalue weighted by Crippen LogP contribution is 2.40. The van der Waals surface area contributed by atoms with Crippen molar-refractivity contribution in [1.29, 1.82) is 0 Å². The monoisotopic (exact) mass is 522 g/mol. The molecule has 4 nitrogen and oxygen atoms in total. The molecule has 0 saturated heterocycles. The van der Waals surface area contributed by atoms with Crippen LogP contribution in [0.5, 0.6) is 0 Å². The standard InChI is InChI=1S/C29H54O4Si2/c1-22(19-24(3)20-23(2)16-18-27(30)31)15-17-26(33-35(13,14)29(8,9)10)21-25(4)32-34(11,12)28(5,6)7/h15-16,18-20,25-26H,17,21H2,1-14H3,(H,30,31)/b18-16+,22-15+,23-20+,24-19+/t25-,26+/m0/s1. The van der Waals surface area contributed by atoms with Gasteiger partial charge < -0.3 is 14.0 Å². The van der Waals surface area contributed by atoms with E-state index in [9.17, 15) is 4.79 Å². The zero-order valence-electron chi connectivity index (χ0n) is 25.1. The van der Waals surface area contributed by atoms with E-state index in [0.29, 0.717) is 0 Å². The first-order valence-corrected chi connectivity index (χ1v) is 18.7. The van der Waals surface area contributed by atoms with Crippen molar-refractivity contribution >= 4 is 22.6 Å². The predicted molar refractivity (Wildman–Crippen MR) is 157 cm³/mol. The van der Waals surface area contributed by atoms with Gasteiger partial charge in [0.2, 0.25) is 0 Å². The lowest BCUT2D eigenvalue weighted by Gasteiger charge is -2.42. The Morgan fingerprint density at radius 2 is 1.26 bits per heavy atom. The van der Waals surface area contributed by atoms with Crippen LogP contribution in [0.4, 0.5) is 0 Å². The number of hydrogen-bond donors (Lipinski definition) is 1. The lowest BCUT2D eigenvalue weighted by atomic mass is 10.1. The number of allylic oxidation sites excluding steroid dienone is 6. The molecular weight excluding hydrogens is 468 g/mol. The molecule has 202 valence electrons. The van der Waals surface area contributed by atoms with Crippen molar-refractivity contribution in [2.24, 2.45) is 0 Å². The molecule has 0 rings (SSSR count). The summed E-state index contributed by atoms with van der Waals surface area (Å²) < 4.78 is 13.6. The molecule has 0 aromatic heterocycles. The second-order valence-electron chi connectivity index (χ2n) is 13.1. The van der Waals surface area contributed by atoms with Crippen LogP contribution in [0.1, 0.15) is 82.1 Å². The summed E-state index contributed by atoms with van der Waals surface area (Å²) in [4.78, 5) is 10.7. The zero-order valence-corrected chi connectivity index (χ0v) is 27.1. The molecular formula is C29H54O4Si2. The van der Waals surface area contributed by atoms with Gasteiger partial charge in [-0.15, -0.1) is 0 Å². The number of hydrogen-bond acceptors (Lipinski definition) is 3. The second kappa shape index (κ2) is 13.4. The van der Waals surface area contributed by atoms with Gasteiger partial charge in [-0.2, -0.15) is 0 Å². The van der Waals surface area contributed by atoms with Gasteiger partial charge in [0.1, 0.15) is 0 Å². The van der Waals surface area contributed by atoms with Gasteiger partial charge in [0, 0.05) is 12.2 Å². The van der Waals surface area contributed by atoms with E-state index in [1.807, 2.05) is 19.9 Å². The molecule has 35 heavy (non-hydrogen) atoms. The van der Waals surface area contributed by atoms with E-state index < -0.39 is 22.6 Å². The first-order valence-electron chi connectivity index (χ1n) is 12.9. The van der Waals surface area contributed by atoms with Crippen LogP contribution in [-0.2, 0) is 13.6 Å². The van der Waals surface area contributed by atoms with Crippen molar-refractivity contribution in [2.75, 3.05) is 0 Å². The summed E-state index contributed by atoms with van der Waals surface area (Å²) in [5, 5.41) is 9.14. The maximum Gasteiger partial charge on any atom is 0.328 e. The van der Waals surface area contributed by atoms with E-state index in [0.717, 1.165) is 30.1 Å². The van der Waals surface area contributed by atoms with E-state index in [1.54, 1.807) is 6.08 Å². The Hall–Kier alpha value is -1.22. The zero-order chi connectivity index (χ0) is 27.8. The largest absolute Gasteiger partial charge is 0.478 e. The van der Waals surface area contributed by atoms with Gasteiger partial charge in [0.05, 0.1) is 6.10 Å².